The van der Waals surface area contributed by atoms with E-state index in [1.54, 1.807) is 11.7 Å². The Kier molecular flexibility index (Phi) is 3.88. The molecule has 0 saturated carbocycles. The van der Waals surface area contributed by atoms with Crippen molar-refractivity contribution >= 4 is 11.2 Å². The molecule has 0 atom stereocenters. The Balaban J connectivity index is 1.99. The first-order valence-electron chi connectivity index (χ1n) is 6.89. The highest BCUT2D eigenvalue weighted by Gasteiger charge is 2.10. The maximum atomic E-state index is 12.1. The molecule has 0 amide bonds. The summed E-state index contributed by atoms with van der Waals surface area (Å²) in [6.07, 6.45) is 1.99. The number of H-pyrrole nitrogens is 1. The lowest BCUT2D eigenvalue weighted by Crippen LogP contribution is -2.14. The summed E-state index contributed by atoms with van der Waals surface area (Å²) in [6, 6.07) is 7.59. The van der Waals surface area contributed by atoms with Crippen molar-refractivity contribution in [2.75, 3.05) is 13.7 Å². The van der Waals surface area contributed by atoms with Gasteiger partial charge in [0.25, 0.3) is 5.56 Å². The lowest BCUT2D eigenvalue weighted by molar-refractivity contribution is 0.277. The number of benzene rings is 1. The third kappa shape index (κ3) is 2.71. The Bertz CT molecular complexity index is 853. The molecule has 0 aliphatic heterocycles. The van der Waals surface area contributed by atoms with Crippen LogP contribution in [0.3, 0.4) is 0 Å². The molecule has 1 aromatic carbocycles. The third-order valence-corrected chi connectivity index (χ3v) is 3.37. The standard InChI is InChI=1S/C15H16N4O3/c1-22-11-4-2-3-10(7-11)8-12-17-14-13(15(21)18-12)16-9-19(14)5-6-20/h2-4,7,9,20H,5-6,8H2,1H3,(H,17,18,21). The van der Waals surface area contributed by atoms with Crippen LogP contribution < -0.4 is 10.3 Å². The molecule has 0 unspecified atom stereocenters. The van der Waals surface area contributed by atoms with Gasteiger partial charge in [-0.25, -0.2) is 9.97 Å². The number of nitrogens with zero attached hydrogens (tertiary/aromatic N) is 3. The van der Waals surface area contributed by atoms with E-state index in [9.17, 15) is 4.79 Å². The number of methoxy groups -OCH3 is 1. The van der Waals surface area contributed by atoms with E-state index in [1.165, 1.54) is 6.33 Å². The van der Waals surface area contributed by atoms with Crippen molar-refractivity contribution in [1.82, 2.24) is 19.5 Å². The van der Waals surface area contributed by atoms with Gasteiger partial charge in [0.1, 0.15) is 11.6 Å². The van der Waals surface area contributed by atoms with Crippen molar-refractivity contribution in [2.24, 2.45) is 0 Å². The summed E-state index contributed by atoms with van der Waals surface area (Å²) in [7, 11) is 1.61. The molecular weight excluding hydrogens is 284 g/mol. The van der Waals surface area contributed by atoms with Crippen molar-refractivity contribution in [3.63, 3.8) is 0 Å². The number of aliphatic hydroxyl groups excluding tert-OH is 1. The van der Waals surface area contributed by atoms with Crippen molar-refractivity contribution in [1.29, 1.82) is 0 Å². The molecule has 0 saturated heterocycles. The summed E-state index contributed by atoms with van der Waals surface area (Å²) in [4.78, 5) is 23.3. The van der Waals surface area contributed by atoms with E-state index in [0.717, 1.165) is 11.3 Å². The van der Waals surface area contributed by atoms with Gasteiger partial charge >= 0.3 is 0 Å². The van der Waals surface area contributed by atoms with E-state index in [4.69, 9.17) is 9.84 Å². The van der Waals surface area contributed by atoms with Gasteiger partial charge in [-0.05, 0) is 17.7 Å². The molecule has 114 valence electrons. The summed E-state index contributed by atoms with van der Waals surface area (Å²) in [6.45, 7) is 0.316. The van der Waals surface area contributed by atoms with E-state index in [2.05, 4.69) is 15.0 Å². The van der Waals surface area contributed by atoms with E-state index in [0.29, 0.717) is 24.4 Å². The Morgan fingerprint density at radius 1 is 1.41 bits per heavy atom. The second kappa shape index (κ2) is 5.98. The monoisotopic (exact) mass is 300 g/mol. The molecule has 2 aromatic heterocycles. The molecule has 3 aromatic rings. The van der Waals surface area contributed by atoms with E-state index in [-0.39, 0.29) is 17.7 Å². The van der Waals surface area contributed by atoms with Crippen LogP contribution in [0.15, 0.2) is 35.4 Å². The molecule has 0 radical (unpaired) electrons. The van der Waals surface area contributed by atoms with E-state index in [1.807, 2.05) is 24.3 Å². The van der Waals surface area contributed by atoms with Gasteiger partial charge in [-0.15, -0.1) is 0 Å². The summed E-state index contributed by atoms with van der Waals surface area (Å²) < 4.78 is 6.86. The van der Waals surface area contributed by atoms with E-state index >= 15 is 0 Å². The topological polar surface area (TPSA) is 93.0 Å². The molecular formula is C15H16N4O3. The number of aliphatic hydroxyl groups is 1. The fourth-order valence-electron chi connectivity index (χ4n) is 2.33. The Morgan fingerprint density at radius 3 is 3.05 bits per heavy atom. The largest absolute Gasteiger partial charge is 0.497 e. The lowest BCUT2D eigenvalue weighted by atomic mass is 10.1. The highest BCUT2D eigenvalue weighted by Crippen LogP contribution is 2.15. The van der Waals surface area contributed by atoms with Gasteiger partial charge in [0, 0.05) is 13.0 Å². The van der Waals surface area contributed by atoms with Crippen LogP contribution in [0.2, 0.25) is 0 Å². The molecule has 2 heterocycles. The first-order chi connectivity index (χ1) is 10.7. The number of aromatic nitrogens is 4. The van der Waals surface area contributed by atoms with E-state index < -0.39 is 0 Å². The van der Waals surface area contributed by atoms with Crippen LogP contribution in [0.5, 0.6) is 5.75 Å². The van der Waals surface area contributed by atoms with Crippen molar-refractivity contribution in [2.45, 2.75) is 13.0 Å². The smallest absolute Gasteiger partial charge is 0.279 e. The van der Waals surface area contributed by atoms with Gasteiger partial charge in [-0.2, -0.15) is 0 Å². The van der Waals surface area contributed by atoms with Gasteiger partial charge in [0.15, 0.2) is 11.2 Å². The van der Waals surface area contributed by atoms with Gasteiger partial charge in [-0.3, -0.25) is 4.79 Å². The summed E-state index contributed by atoms with van der Waals surface area (Å²) in [5.41, 5.74) is 1.47. The SMILES string of the molecule is COc1cccc(Cc2nc3c(ncn3CCO)c(=O)[nH]2)c1. The van der Waals surface area contributed by atoms with Gasteiger partial charge in [-0.1, -0.05) is 12.1 Å². The number of rotatable bonds is 5. The molecule has 0 spiro atoms. The molecule has 22 heavy (non-hydrogen) atoms. The molecule has 0 aliphatic carbocycles. The molecule has 7 nitrogen and oxygen atoms in total. The van der Waals surface area contributed by atoms with Crippen LogP contribution in [0.4, 0.5) is 0 Å². The highest BCUT2D eigenvalue weighted by molar-refractivity contribution is 5.69. The third-order valence-electron chi connectivity index (χ3n) is 3.37. The fraction of sp³-hybridized carbons (Fsp3) is 0.267. The summed E-state index contributed by atoms with van der Waals surface area (Å²) in [5, 5.41) is 9.05. The summed E-state index contributed by atoms with van der Waals surface area (Å²) >= 11 is 0. The zero-order valence-electron chi connectivity index (χ0n) is 12.1. The van der Waals surface area contributed by atoms with Crippen LogP contribution in [0, 0.1) is 0 Å². The number of hydrogen-bond donors (Lipinski definition) is 2. The second-order valence-corrected chi connectivity index (χ2v) is 4.87. The lowest BCUT2D eigenvalue weighted by Gasteiger charge is -2.05. The average molecular weight is 300 g/mol. The normalized spacial score (nSPS) is 11.0. The number of aromatic amines is 1. The predicted octanol–water partition coefficient (Wildman–Crippen LogP) is 0.711. The quantitative estimate of drug-likeness (QED) is 0.724. The predicted molar refractivity (Wildman–Crippen MR) is 81.0 cm³/mol. The number of nitrogens with one attached hydrogen (secondary N) is 1. The molecule has 0 bridgehead atoms. The fourth-order valence-corrected chi connectivity index (χ4v) is 2.33. The Labute approximate surface area is 126 Å². The van der Waals surface area contributed by atoms with Crippen molar-refractivity contribution in [3.8, 4) is 5.75 Å². The molecule has 3 rings (SSSR count). The molecule has 7 heteroatoms. The maximum absolute atomic E-state index is 12.1. The van der Waals surface area contributed by atoms with Crippen LogP contribution in [0.1, 0.15) is 11.4 Å². The van der Waals surface area contributed by atoms with Crippen LogP contribution in [-0.2, 0) is 13.0 Å². The van der Waals surface area contributed by atoms with Crippen LogP contribution in [0.25, 0.3) is 11.2 Å². The van der Waals surface area contributed by atoms with Crippen molar-refractivity contribution in [3.05, 3.63) is 52.3 Å². The maximum Gasteiger partial charge on any atom is 0.279 e. The number of imidazole rings is 1. The number of fused-ring (bicyclic) bond motifs is 1. The first-order valence-corrected chi connectivity index (χ1v) is 6.89. The molecule has 0 fully saturated rings. The van der Waals surface area contributed by atoms with Crippen molar-refractivity contribution < 1.29 is 9.84 Å². The number of ether oxygens (including phenoxy) is 1. The minimum absolute atomic E-state index is 0.0366. The highest BCUT2D eigenvalue weighted by atomic mass is 16.5. The zero-order valence-corrected chi connectivity index (χ0v) is 12.1. The Hall–Kier alpha value is -2.67. The minimum Gasteiger partial charge on any atom is -0.497 e. The first kappa shape index (κ1) is 14.3. The summed E-state index contributed by atoms with van der Waals surface area (Å²) in [5.74, 6) is 1.30. The minimum atomic E-state index is -0.278. The van der Waals surface area contributed by atoms with Crippen LogP contribution in [-0.4, -0.2) is 38.3 Å². The molecule has 2 N–H and O–H groups in total. The van der Waals surface area contributed by atoms with Crippen LogP contribution >= 0.6 is 0 Å². The Morgan fingerprint density at radius 2 is 2.27 bits per heavy atom. The average Bonchev–Trinajstić information content (AvgIpc) is 2.92. The number of hydrogen-bond acceptors (Lipinski definition) is 5. The zero-order chi connectivity index (χ0) is 15.5. The molecule has 0 aliphatic rings. The van der Waals surface area contributed by atoms with Gasteiger partial charge < -0.3 is 19.4 Å². The van der Waals surface area contributed by atoms with Gasteiger partial charge in [0.05, 0.1) is 20.0 Å². The van der Waals surface area contributed by atoms with Gasteiger partial charge in [0.2, 0.25) is 0 Å². The second-order valence-electron chi connectivity index (χ2n) is 4.87.